The summed E-state index contributed by atoms with van der Waals surface area (Å²) in [6, 6.07) is 2.89. The number of aromatic nitrogens is 1. The lowest BCUT2D eigenvalue weighted by atomic mass is 10.1. The first-order valence-electron chi connectivity index (χ1n) is 7.96. The van der Waals surface area contributed by atoms with Crippen molar-refractivity contribution >= 4 is 17.4 Å². The molecule has 3 rings (SSSR count). The molecule has 0 radical (unpaired) electrons. The monoisotopic (exact) mass is 293 g/mol. The average molecular weight is 294 g/mol. The van der Waals surface area contributed by atoms with Gasteiger partial charge in [0.2, 0.25) is 0 Å². The van der Waals surface area contributed by atoms with Crippen molar-refractivity contribution in [2.75, 3.05) is 18.0 Å². The maximum absolute atomic E-state index is 6.28. The maximum atomic E-state index is 6.28. The highest BCUT2D eigenvalue weighted by Crippen LogP contribution is 2.24. The van der Waals surface area contributed by atoms with Crippen LogP contribution in [-0.4, -0.2) is 24.1 Å². The number of nitrogens with zero attached hydrogens (tertiary/aromatic N) is 2. The van der Waals surface area contributed by atoms with E-state index in [1.165, 1.54) is 50.5 Å². The molecule has 1 aliphatic carbocycles. The van der Waals surface area contributed by atoms with E-state index in [-0.39, 0.29) is 0 Å². The van der Waals surface area contributed by atoms with Crippen LogP contribution in [0, 0.1) is 0 Å². The summed E-state index contributed by atoms with van der Waals surface area (Å²) in [6.07, 6.45) is 11.1. The van der Waals surface area contributed by atoms with Crippen LogP contribution in [0.5, 0.6) is 0 Å². The highest BCUT2D eigenvalue weighted by Gasteiger charge is 2.21. The molecule has 1 aromatic rings. The molecular weight excluding hydrogens is 270 g/mol. The summed E-state index contributed by atoms with van der Waals surface area (Å²) in [7, 11) is 0. The van der Waals surface area contributed by atoms with Gasteiger partial charge in [0.15, 0.2) is 0 Å². The number of nitrogens with one attached hydrogen (secondary N) is 1. The highest BCUT2D eigenvalue weighted by atomic mass is 35.5. The van der Waals surface area contributed by atoms with Crippen LogP contribution in [0.25, 0.3) is 0 Å². The molecule has 3 nitrogen and oxygen atoms in total. The van der Waals surface area contributed by atoms with Crippen LogP contribution in [-0.2, 0) is 6.54 Å². The molecule has 1 aromatic heterocycles. The highest BCUT2D eigenvalue weighted by molar-refractivity contribution is 6.31. The van der Waals surface area contributed by atoms with E-state index in [9.17, 15) is 0 Å². The van der Waals surface area contributed by atoms with E-state index in [0.717, 1.165) is 30.5 Å². The van der Waals surface area contributed by atoms with Crippen molar-refractivity contribution < 1.29 is 0 Å². The summed E-state index contributed by atoms with van der Waals surface area (Å²) in [5, 5.41) is 4.32. The van der Waals surface area contributed by atoms with Gasteiger partial charge in [0.1, 0.15) is 5.82 Å². The van der Waals surface area contributed by atoms with Gasteiger partial charge in [0.25, 0.3) is 0 Å². The van der Waals surface area contributed by atoms with Gasteiger partial charge in [0, 0.05) is 31.9 Å². The standard InChI is InChI=1S/C16H24ClN3/c17-15-12-19-16(10-13(15)11-18-14-6-7-14)20-8-4-2-1-3-5-9-20/h10,12,14,18H,1-9,11H2. The smallest absolute Gasteiger partial charge is 0.128 e. The SMILES string of the molecule is Clc1cnc(N2CCCCCCC2)cc1CNC1CC1. The zero-order chi connectivity index (χ0) is 13.8. The Bertz CT molecular complexity index is 437. The van der Waals surface area contributed by atoms with Gasteiger partial charge < -0.3 is 10.2 Å². The van der Waals surface area contributed by atoms with Gasteiger partial charge in [-0.1, -0.05) is 30.9 Å². The van der Waals surface area contributed by atoms with Crippen LogP contribution < -0.4 is 10.2 Å². The molecule has 20 heavy (non-hydrogen) atoms. The third-order valence-electron chi connectivity index (χ3n) is 4.26. The van der Waals surface area contributed by atoms with Gasteiger partial charge in [-0.15, -0.1) is 0 Å². The summed E-state index contributed by atoms with van der Waals surface area (Å²) >= 11 is 6.28. The zero-order valence-corrected chi connectivity index (χ0v) is 12.8. The fourth-order valence-electron chi connectivity index (χ4n) is 2.79. The van der Waals surface area contributed by atoms with Crippen molar-refractivity contribution in [2.24, 2.45) is 0 Å². The lowest BCUT2D eigenvalue weighted by Gasteiger charge is -2.26. The third kappa shape index (κ3) is 3.86. The number of rotatable bonds is 4. The van der Waals surface area contributed by atoms with Crippen LogP contribution in [0.4, 0.5) is 5.82 Å². The first-order valence-corrected chi connectivity index (χ1v) is 8.33. The molecule has 0 spiro atoms. The fourth-order valence-corrected chi connectivity index (χ4v) is 2.96. The van der Waals surface area contributed by atoms with Crippen LogP contribution in [0.1, 0.15) is 50.5 Å². The minimum Gasteiger partial charge on any atom is -0.357 e. The molecule has 0 unspecified atom stereocenters. The Morgan fingerprint density at radius 1 is 1.15 bits per heavy atom. The average Bonchev–Trinajstić information content (AvgIpc) is 3.22. The summed E-state index contributed by atoms with van der Waals surface area (Å²) in [5.41, 5.74) is 1.19. The van der Waals surface area contributed by atoms with E-state index in [2.05, 4.69) is 21.3 Å². The molecule has 0 aromatic carbocycles. The predicted octanol–water partition coefficient (Wildman–Crippen LogP) is 3.76. The molecule has 2 heterocycles. The van der Waals surface area contributed by atoms with Crippen molar-refractivity contribution in [1.82, 2.24) is 10.3 Å². The second-order valence-corrected chi connectivity index (χ2v) is 6.45. The second kappa shape index (κ2) is 6.77. The minimum absolute atomic E-state index is 0.712. The van der Waals surface area contributed by atoms with E-state index in [1.807, 2.05) is 6.20 Å². The quantitative estimate of drug-likeness (QED) is 0.916. The topological polar surface area (TPSA) is 28.2 Å². The zero-order valence-electron chi connectivity index (χ0n) is 12.1. The molecule has 2 aliphatic rings. The van der Waals surface area contributed by atoms with Crippen molar-refractivity contribution in [1.29, 1.82) is 0 Å². The predicted molar refractivity (Wildman–Crippen MR) is 84.4 cm³/mol. The third-order valence-corrected chi connectivity index (χ3v) is 4.60. The van der Waals surface area contributed by atoms with Crippen LogP contribution in [0.3, 0.4) is 0 Å². The molecule has 1 N–H and O–H groups in total. The number of hydrogen-bond donors (Lipinski definition) is 1. The first-order chi connectivity index (χ1) is 9.83. The summed E-state index contributed by atoms with van der Waals surface area (Å²) in [5.74, 6) is 1.10. The summed E-state index contributed by atoms with van der Waals surface area (Å²) in [4.78, 5) is 6.97. The number of pyridine rings is 1. The van der Waals surface area contributed by atoms with Gasteiger partial charge in [-0.05, 0) is 37.3 Å². The van der Waals surface area contributed by atoms with E-state index in [4.69, 9.17) is 11.6 Å². The summed E-state index contributed by atoms with van der Waals surface area (Å²) < 4.78 is 0. The fraction of sp³-hybridized carbons (Fsp3) is 0.688. The molecule has 1 aliphatic heterocycles. The summed E-state index contributed by atoms with van der Waals surface area (Å²) in [6.45, 7) is 3.13. The van der Waals surface area contributed by atoms with Gasteiger partial charge in [-0.2, -0.15) is 0 Å². The number of anilines is 1. The Morgan fingerprint density at radius 2 is 1.85 bits per heavy atom. The largest absolute Gasteiger partial charge is 0.357 e. The van der Waals surface area contributed by atoms with E-state index < -0.39 is 0 Å². The Kier molecular flexibility index (Phi) is 4.79. The molecule has 110 valence electrons. The van der Waals surface area contributed by atoms with Gasteiger partial charge >= 0.3 is 0 Å². The molecule has 1 saturated heterocycles. The molecule has 0 amide bonds. The number of halogens is 1. The molecular formula is C16H24ClN3. The van der Waals surface area contributed by atoms with Gasteiger partial charge in [0.05, 0.1) is 5.02 Å². The van der Waals surface area contributed by atoms with Crippen molar-refractivity contribution in [3.8, 4) is 0 Å². The maximum Gasteiger partial charge on any atom is 0.128 e. The Labute approximate surface area is 126 Å². The first kappa shape index (κ1) is 14.2. The molecule has 4 heteroatoms. The van der Waals surface area contributed by atoms with Crippen molar-refractivity contribution in [2.45, 2.75) is 57.5 Å². The Balaban J connectivity index is 1.68. The molecule has 1 saturated carbocycles. The molecule has 2 fully saturated rings. The van der Waals surface area contributed by atoms with Crippen LogP contribution in [0.15, 0.2) is 12.3 Å². The Hall–Kier alpha value is -0.800. The minimum atomic E-state index is 0.712. The molecule has 0 bridgehead atoms. The van der Waals surface area contributed by atoms with Crippen LogP contribution >= 0.6 is 11.6 Å². The van der Waals surface area contributed by atoms with Crippen LogP contribution in [0.2, 0.25) is 5.02 Å². The second-order valence-electron chi connectivity index (χ2n) is 6.04. The normalized spacial score (nSPS) is 20.6. The van der Waals surface area contributed by atoms with E-state index in [1.54, 1.807) is 0 Å². The van der Waals surface area contributed by atoms with E-state index >= 15 is 0 Å². The molecule has 0 atom stereocenters. The lowest BCUT2D eigenvalue weighted by molar-refractivity contribution is 0.553. The van der Waals surface area contributed by atoms with E-state index in [0.29, 0.717) is 6.04 Å². The van der Waals surface area contributed by atoms with Gasteiger partial charge in [-0.25, -0.2) is 4.98 Å². The van der Waals surface area contributed by atoms with Crippen molar-refractivity contribution in [3.05, 3.63) is 22.8 Å². The van der Waals surface area contributed by atoms with Crippen molar-refractivity contribution in [3.63, 3.8) is 0 Å². The van der Waals surface area contributed by atoms with Gasteiger partial charge in [-0.3, -0.25) is 0 Å². The Morgan fingerprint density at radius 3 is 2.55 bits per heavy atom. The lowest BCUT2D eigenvalue weighted by Crippen LogP contribution is -2.28. The number of hydrogen-bond acceptors (Lipinski definition) is 3.